The van der Waals surface area contributed by atoms with Gasteiger partial charge in [0.1, 0.15) is 11.6 Å². The first-order valence-electron chi connectivity index (χ1n) is 6.12. The molecule has 3 nitrogen and oxygen atoms in total. The molecule has 0 aromatic carbocycles. The fourth-order valence-electron chi connectivity index (χ4n) is 2.28. The summed E-state index contributed by atoms with van der Waals surface area (Å²) in [6, 6.07) is 0. The third-order valence-electron chi connectivity index (χ3n) is 3.40. The van der Waals surface area contributed by atoms with Crippen molar-refractivity contribution in [1.82, 2.24) is 9.55 Å². The van der Waals surface area contributed by atoms with E-state index in [2.05, 4.69) is 18.4 Å². The molecule has 0 saturated heterocycles. The Hall–Kier alpha value is -0.990. The Labute approximate surface area is 91.7 Å². The number of hydrogen-bond donors (Lipinski definition) is 1. The normalized spacial score (nSPS) is 16.7. The molecule has 0 unspecified atom stereocenters. The number of nitrogen functional groups attached to an aromatic ring is 1. The van der Waals surface area contributed by atoms with Gasteiger partial charge in [-0.3, -0.25) is 0 Å². The maximum Gasteiger partial charge on any atom is 0.127 e. The molecule has 1 aliphatic rings. The third kappa shape index (κ3) is 1.75. The SMILES string of the molecule is CCCc1nc(C2CCC2)c(N)n1CC. The number of hydrogen-bond acceptors (Lipinski definition) is 2. The van der Waals surface area contributed by atoms with Crippen molar-refractivity contribution in [1.29, 1.82) is 0 Å². The van der Waals surface area contributed by atoms with Crippen molar-refractivity contribution in [2.45, 2.75) is 58.4 Å². The third-order valence-corrected chi connectivity index (χ3v) is 3.40. The molecule has 2 rings (SSSR count). The fraction of sp³-hybridized carbons (Fsp3) is 0.750. The van der Waals surface area contributed by atoms with Crippen LogP contribution in [0.5, 0.6) is 0 Å². The van der Waals surface area contributed by atoms with Gasteiger partial charge in [0.05, 0.1) is 5.69 Å². The lowest BCUT2D eigenvalue weighted by Crippen LogP contribution is -2.12. The van der Waals surface area contributed by atoms with Crippen LogP contribution >= 0.6 is 0 Å². The van der Waals surface area contributed by atoms with E-state index in [4.69, 9.17) is 10.7 Å². The summed E-state index contributed by atoms with van der Waals surface area (Å²) >= 11 is 0. The van der Waals surface area contributed by atoms with E-state index in [0.717, 1.165) is 25.2 Å². The van der Waals surface area contributed by atoms with Crippen molar-refractivity contribution >= 4 is 5.82 Å². The van der Waals surface area contributed by atoms with Crippen LogP contribution in [0.25, 0.3) is 0 Å². The molecule has 0 spiro atoms. The Morgan fingerprint density at radius 1 is 1.40 bits per heavy atom. The van der Waals surface area contributed by atoms with E-state index in [1.807, 2.05) is 0 Å². The van der Waals surface area contributed by atoms with Gasteiger partial charge < -0.3 is 10.3 Å². The molecule has 15 heavy (non-hydrogen) atoms. The van der Waals surface area contributed by atoms with Crippen LogP contribution in [0.1, 0.15) is 57.0 Å². The molecular formula is C12H21N3. The molecule has 0 atom stereocenters. The zero-order chi connectivity index (χ0) is 10.8. The van der Waals surface area contributed by atoms with Crippen LogP contribution in [0, 0.1) is 0 Å². The summed E-state index contributed by atoms with van der Waals surface area (Å²) in [6.45, 7) is 5.27. The molecule has 1 aliphatic carbocycles. The summed E-state index contributed by atoms with van der Waals surface area (Å²) in [5.41, 5.74) is 7.33. The van der Waals surface area contributed by atoms with Gasteiger partial charge in [-0.25, -0.2) is 4.98 Å². The van der Waals surface area contributed by atoms with Gasteiger partial charge in [0.25, 0.3) is 0 Å². The minimum atomic E-state index is 0.647. The highest BCUT2D eigenvalue weighted by atomic mass is 15.1. The molecule has 1 saturated carbocycles. The topological polar surface area (TPSA) is 43.8 Å². The van der Waals surface area contributed by atoms with Crippen LogP contribution in [-0.4, -0.2) is 9.55 Å². The Kier molecular flexibility index (Phi) is 2.98. The molecule has 1 aromatic rings. The van der Waals surface area contributed by atoms with Gasteiger partial charge in [0, 0.05) is 18.9 Å². The van der Waals surface area contributed by atoms with Gasteiger partial charge >= 0.3 is 0 Å². The summed E-state index contributed by atoms with van der Waals surface area (Å²) in [5, 5.41) is 0. The minimum absolute atomic E-state index is 0.647. The van der Waals surface area contributed by atoms with Crippen LogP contribution in [0.2, 0.25) is 0 Å². The Balaban J connectivity index is 2.30. The highest BCUT2D eigenvalue weighted by Crippen LogP contribution is 2.38. The smallest absolute Gasteiger partial charge is 0.127 e. The van der Waals surface area contributed by atoms with Crippen LogP contribution in [0.3, 0.4) is 0 Å². The first-order valence-corrected chi connectivity index (χ1v) is 6.12. The highest BCUT2D eigenvalue weighted by molar-refractivity contribution is 5.41. The van der Waals surface area contributed by atoms with Gasteiger partial charge in [0.2, 0.25) is 0 Å². The number of imidazole rings is 1. The molecule has 1 fully saturated rings. The molecule has 84 valence electrons. The number of nitrogens with two attached hydrogens (primary N) is 1. The van der Waals surface area contributed by atoms with Crippen LogP contribution in [0.15, 0.2) is 0 Å². The average molecular weight is 207 g/mol. The Morgan fingerprint density at radius 2 is 2.13 bits per heavy atom. The molecule has 0 radical (unpaired) electrons. The van der Waals surface area contributed by atoms with Gasteiger partial charge in [-0.1, -0.05) is 13.3 Å². The zero-order valence-electron chi connectivity index (χ0n) is 9.79. The van der Waals surface area contributed by atoms with E-state index < -0.39 is 0 Å². The zero-order valence-corrected chi connectivity index (χ0v) is 9.79. The minimum Gasteiger partial charge on any atom is -0.384 e. The van der Waals surface area contributed by atoms with Crippen molar-refractivity contribution in [3.8, 4) is 0 Å². The molecular weight excluding hydrogens is 186 g/mol. The lowest BCUT2D eigenvalue weighted by Gasteiger charge is -2.23. The Morgan fingerprint density at radius 3 is 2.60 bits per heavy atom. The quantitative estimate of drug-likeness (QED) is 0.825. The summed E-state index contributed by atoms with van der Waals surface area (Å²) in [4.78, 5) is 4.73. The summed E-state index contributed by atoms with van der Waals surface area (Å²) in [7, 11) is 0. The first-order chi connectivity index (χ1) is 7.27. The average Bonchev–Trinajstić information content (AvgIpc) is 2.42. The molecule has 1 aromatic heterocycles. The van der Waals surface area contributed by atoms with Crippen molar-refractivity contribution in [2.24, 2.45) is 0 Å². The monoisotopic (exact) mass is 207 g/mol. The van der Waals surface area contributed by atoms with Crippen molar-refractivity contribution in [3.05, 3.63) is 11.5 Å². The largest absolute Gasteiger partial charge is 0.384 e. The van der Waals surface area contributed by atoms with Crippen molar-refractivity contribution < 1.29 is 0 Å². The predicted molar refractivity (Wildman–Crippen MR) is 62.9 cm³/mol. The molecule has 0 amide bonds. The lowest BCUT2D eigenvalue weighted by atomic mass is 9.83. The van der Waals surface area contributed by atoms with E-state index >= 15 is 0 Å². The second-order valence-electron chi connectivity index (χ2n) is 4.42. The van der Waals surface area contributed by atoms with Crippen LogP contribution in [0.4, 0.5) is 5.82 Å². The van der Waals surface area contributed by atoms with Crippen molar-refractivity contribution in [3.63, 3.8) is 0 Å². The summed E-state index contributed by atoms with van der Waals surface area (Å²) in [6.07, 6.45) is 6.07. The summed E-state index contributed by atoms with van der Waals surface area (Å²) in [5.74, 6) is 2.75. The molecule has 2 N–H and O–H groups in total. The van der Waals surface area contributed by atoms with Gasteiger partial charge in [-0.2, -0.15) is 0 Å². The highest BCUT2D eigenvalue weighted by Gasteiger charge is 2.26. The van der Waals surface area contributed by atoms with E-state index in [1.165, 1.54) is 30.8 Å². The van der Waals surface area contributed by atoms with Crippen molar-refractivity contribution in [2.75, 3.05) is 5.73 Å². The number of anilines is 1. The van der Waals surface area contributed by atoms with E-state index in [9.17, 15) is 0 Å². The lowest BCUT2D eigenvalue weighted by molar-refractivity contribution is 0.413. The number of rotatable bonds is 4. The second-order valence-corrected chi connectivity index (χ2v) is 4.42. The van der Waals surface area contributed by atoms with E-state index in [-0.39, 0.29) is 0 Å². The second kappa shape index (κ2) is 4.25. The number of aromatic nitrogens is 2. The number of nitrogens with zero attached hydrogens (tertiary/aromatic N) is 2. The van der Waals surface area contributed by atoms with E-state index in [1.54, 1.807) is 0 Å². The van der Waals surface area contributed by atoms with Gasteiger partial charge in [-0.15, -0.1) is 0 Å². The molecule has 0 bridgehead atoms. The Bertz CT molecular complexity index is 337. The molecule has 0 aliphatic heterocycles. The maximum atomic E-state index is 6.16. The van der Waals surface area contributed by atoms with Crippen LogP contribution in [-0.2, 0) is 13.0 Å². The maximum absolute atomic E-state index is 6.16. The first kappa shape index (κ1) is 10.5. The standard InChI is InChI=1S/C12H21N3/c1-3-6-10-14-11(9-7-5-8-9)12(13)15(10)4-2/h9H,3-8,13H2,1-2H3. The number of aryl methyl sites for hydroxylation is 1. The van der Waals surface area contributed by atoms with E-state index in [0.29, 0.717) is 5.92 Å². The van der Waals surface area contributed by atoms with Gasteiger partial charge in [0.15, 0.2) is 0 Å². The predicted octanol–water partition coefficient (Wildman–Crippen LogP) is 2.71. The van der Waals surface area contributed by atoms with Crippen LogP contribution < -0.4 is 5.73 Å². The molecule has 1 heterocycles. The molecule has 3 heteroatoms. The summed E-state index contributed by atoms with van der Waals surface area (Å²) < 4.78 is 2.18. The fourth-order valence-corrected chi connectivity index (χ4v) is 2.28. The van der Waals surface area contributed by atoms with Gasteiger partial charge in [-0.05, 0) is 26.2 Å².